The average molecular weight is 263 g/mol. The maximum atomic E-state index is 12.2. The minimum Gasteiger partial charge on any atom is -0.352 e. The number of aromatic nitrogens is 2. The third kappa shape index (κ3) is 3.20. The minimum atomic E-state index is -0.122. The number of nitrogens with zero attached hydrogens (tertiary/aromatic N) is 4. The highest BCUT2D eigenvalue weighted by Gasteiger charge is 2.26. The second-order valence-electron chi connectivity index (χ2n) is 5.04. The molecule has 0 radical (unpaired) electrons. The number of carbonyl (C=O) groups is 1. The molecule has 1 aliphatic heterocycles. The predicted molar refractivity (Wildman–Crippen MR) is 73.6 cm³/mol. The molecule has 0 saturated carbocycles. The topological polar surface area (TPSA) is 75.4 Å². The molecular weight excluding hydrogens is 242 g/mol. The fourth-order valence-electron chi connectivity index (χ4n) is 2.13. The highest BCUT2D eigenvalue weighted by atomic mass is 16.2. The van der Waals surface area contributed by atoms with E-state index in [9.17, 15) is 4.79 Å². The average Bonchev–Trinajstić information content (AvgIpc) is 2.46. The number of amides is 1. The Morgan fingerprint density at radius 1 is 1.32 bits per heavy atom. The Morgan fingerprint density at radius 3 is 2.53 bits per heavy atom. The van der Waals surface area contributed by atoms with Gasteiger partial charge in [0.2, 0.25) is 5.91 Å². The summed E-state index contributed by atoms with van der Waals surface area (Å²) in [7, 11) is 0. The molecule has 2 heterocycles. The van der Waals surface area contributed by atoms with E-state index in [0.717, 1.165) is 18.9 Å². The van der Waals surface area contributed by atoms with Crippen LogP contribution < -0.4 is 10.6 Å². The molecule has 6 nitrogen and oxygen atoms in total. The molecule has 6 heteroatoms. The monoisotopic (exact) mass is 263 g/mol. The van der Waals surface area contributed by atoms with Crippen molar-refractivity contribution in [2.75, 3.05) is 31.1 Å². The SMILES string of the molecule is CC(N)C(C)C(=O)N1CCN(c2cccnn2)CC1. The van der Waals surface area contributed by atoms with E-state index >= 15 is 0 Å². The quantitative estimate of drug-likeness (QED) is 0.837. The summed E-state index contributed by atoms with van der Waals surface area (Å²) >= 11 is 0. The van der Waals surface area contributed by atoms with Crippen molar-refractivity contribution in [3.05, 3.63) is 18.3 Å². The Labute approximate surface area is 113 Å². The van der Waals surface area contributed by atoms with Crippen LogP contribution in [0.4, 0.5) is 5.82 Å². The molecule has 0 aliphatic carbocycles. The summed E-state index contributed by atoms with van der Waals surface area (Å²) in [5.74, 6) is 0.895. The van der Waals surface area contributed by atoms with Gasteiger partial charge in [-0.1, -0.05) is 6.92 Å². The van der Waals surface area contributed by atoms with Crippen LogP contribution in [0.2, 0.25) is 0 Å². The molecule has 1 aromatic heterocycles. The number of nitrogens with two attached hydrogens (primary N) is 1. The summed E-state index contributed by atoms with van der Waals surface area (Å²) in [6.45, 7) is 6.77. The lowest BCUT2D eigenvalue weighted by atomic mass is 10.0. The highest BCUT2D eigenvalue weighted by Crippen LogP contribution is 2.14. The molecule has 0 spiro atoms. The van der Waals surface area contributed by atoms with Crippen molar-refractivity contribution >= 4 is 11.7 Å². The molecule has 2 unspecified atom stereocenters. The van der Waals surface area contributed by atoms with Gasteiger partial charge in [0.05, 0.1) is 5.92 Å². The van der Waals surface area contributed by atoms with E-state index in [1.54, 1.807) is 6.20 Å². The maximum Gasteiger partial charge on any atom is 0.227 e. The molecule has 0 aromatic carbocycles. The molecule has 1 amide bonds. The zero-order valence-electron chi connectivity index (χ0n) is 11.5. The van der Waals surface area contributed by atoms with E-state index in [4.69, 9.17) is 5.73 Å². The molecule has 104 valence electrons. The van der Waals surface area contributed by atoms with Crippen molar-refractivity contribution < 1.29 is 4.79 Å². The fourth-order valence-corrected chi connectivity index (χ4v) is 2.13. The summed E-state index contributed by atoms with van der Waals surface area (Å²) in [6.07, 6.45) is 1.66. The van der Waals surface area contributed by atoms with Crippen molar-refractivity contribution in [2.45, 2.75) is 19.9 Å². The van der Waals surface area contributed by atoms with Crippen LogP contribution in [0.15, 0.2) is 18.3 Å². The zero-order valence-corrected chi connectivity index (χ0v) is 11.5. The molecule has 1 saturated heterocycles. The molecule has 1 fully saturated rings. The fraction of sp³-hybridized carbons (Fsp3) is 0.615. The van der Waals surface area contributed by atoms with Crippen LogP contribution in [0.25, 0.3) is 0 Å². The van der Waals surface area contributed by atoms with Crippen molar-refractivity contribution in [3.63, 3.8) is 0 Å². The van der Waals surface area contributed by atoms with Crippen molar-refractivity contribution in [2.24, 2.45) is 11.7 Å². The van der Waals surface area contributed by atoms with Crippen LogP contribution in [0.5, 0.6) is 0 Å². The van der Waals surface area contributed by atoms with Gasteiger partial charge in [-0.2, -0.15) is 5.10 Å². The van der Waals surface area contributed by atoms with E-state index in [2.05, 4.69) is 15.1 Å². The van der Waals surface area contributed by atoms with E-state index in [1.165, 1.54) is 0 Å². The second kappa shape index (κ2) is 5.97. The summed E-state index contributed by atoms with van der Waals surface area (Å²) in [5.41, 5.74) is 5.79. The van der Waals surface area contributed by atoms with Gasteiger partial charge in [-0.15, -0.1) is 5.10 Å². The Hall–Kier alpha value is -1.69. The molecule has 1 aliphatic rings. The van der Waals surface area contributed by atoms with Gasteiger partial charge in [0.25, 0.3) is 0 Å². The van der Waals surface area contributed by atoms with Gasteiger partial charge in [-0.05, 0) is 19.1 Å². The molecule has 1 aromatic rings. The highest BCUT2D eigenvalue weighted by molar-refractivity contribution is 5.79. The van der Waals surface area contributed by atoms with Gasteiger partial charge in [0.1, 0.15) is 0 Å². The summed E-state index contributed by atoms with van der Waals surface area (Å²) in [4.78, 5) is 16.2. The van der Waals surface area contributed by atoms with Crippen LogP contribution in [-0.2, 0) is 4.79 Å². The van der Waals surface area contributed by atoms with Gasteiger partial charge in [0.15, 0.2) is 5.82 Å². The van der Waals surface area contributed by atoms with Crippen LogP contribution in [-0.4, -0.2) is 53.2 Å². The molecule has 2 N–H and O–H groups in total. The van der Waals surface area contributed by atoms with E-state index < -0.39 is 0 Å². The van der Waals surface area contributed by atoms with Crippen molar-refractivity contribution in [3.8, 4) is 0 Å². The Kier molecular flexibility index (Phi) is 4.31. The van der Waals surface area contributed by atoms with Crippen molar-refractivity contribution in [1.29, 1.82) is 0 Å². The first-order valence-electron chi connectivity index (χ1n) is 6.66. The van der Waals surface area contributed by atoms with Crippen LogP contribution >= 0.6 is 0 Å². The molecule has 0 bridgehead atoms. The summed E-state index contributed by atoms with van der Waals surface area (Å²) in [5, 5.41) is 7.96. The molecule has 2 rings (SSSR count). The third-order valence-corrected chi connectivity index (χ3v) is 3.65. The van der Waals surface area contributed by atoms with Crippen molar-refractivity contribution in [1.82, 2.24) is 15.1 Å². The first kappa shape index (κ1) is 13.7. The summed E-state index contributed by atoms with van der Waals surface area (Å²) < 4.78 is 0. The molecule has 2 atom stereocenters. The number of piperazine rings is 1. The maximum absolute atomic E-state index is 12.2. The normalized spacial score (nSPS) is 19.1. The van der Waals surface area contributed by atoms with Gasteiger partial charge >= 0.3 is 0 Å². The largest absolute Gasteiger partial charge is 0.352 e. The first-order valence-corrected chi connectivity index (χ1v) is 6.66. The van der Waals surface area contributed by atoms with Crippen LogP contribution in [0.1, 0.15) is 13.8 Å². The van der Waals surface area contributed by atoms with Gasteiger partial charge in [-0.25, -0.2) is 0 Å². The number of anilines is 1. The Balaban J connectivity index is 1.91. The Morgan fingerprint density at radius 2 is 2.00 bits per heavy atom. The lowest BCUT2D eigenvalue weighted by Gasteiger charge is -2.36. The van der Waals surface area contributed by atoms with Gasteiger partial charge in [0, 0.05) is 38.4 Å². The van der Waals surface area contributed by atoms with Crippen LogP contribution in [0.3, 0.4) is 0 Å². The van der Waals surface area contributed by atoms with Gasteiger partial charge < -0.3 is 15.5 Å². The smallest absolute Gasteiger partial charge is 0.227 e. The minimum absolute atomic E-state index is 0.106. The van der Waals surface area contributed by atoms with E-state index in [0.29, 0.717) is 13.1 Å². The predicted octanol–water partition coefficient (Wildman–Crippen LogP) is 0.109. The van der Waals surface area contributed by atoms with E-state index in [-0.39, 0.29) is 17.9 Å². The lowest BCUT2D eigenvalue weighted by Crippen LogP contribution is -2.52. The zero-order chi connectivity index (χ0) is 13.8. The standard InChI is InChI=1S/C13H21N5O/c1-10(11(2)14)13(19)18-8-6-17(7-9-18)12-4-3-5-15-16-12/h3-5,10-11H,6-9,14H2,1-2H3. The third-order valence-electron chi connectivity index (χ3n) is 3.65. The number of carbonyl (C=O) groups excluding carboxylic acids is 1. The lowest BCUT2D eigenvalue weighted by molar-refractivity contribution is -0.135. The first-order chi connectivity index (χ1) is 9.09. The molecular formula is C13H21N5O. The summed E-state index contributed by atoms with van der Waals surface area (Å²) in [6, 6.07) is 3.71. The number of hydrogen-bond donors (Lipinski definition) is 1. The number of rotatable bonds is 3. The van der Waals surface area contributed by atoms with E-state index in [1.807, 2.05) is 30.9 Å². The van der Waals surface area contributed by atoms with Gasteiger partial charge in [-0.3, -0.25) is 4.79 Å². The van der Waals surface area contributed by atoms with Crippen LogP contribution in [0, 0.1) is 5.92 Å². The Bertz CT molecular complexity index is 414. The number of hydrogen-bond acceptors (Lipinski definition) is 5. The second-order valence-corrected chi connectivity index (χ2v) is 5.04. The molecule has 19 heavy (non-hydrogen) atoms.